The van der Waals surface area contributed by atoms with Crippen LogP contribution < -0.4 is 4.74 Å². The first-order valence-electron chi connectivity index (χ1n) is 10.3. The highest BCUT2D eigenvalue weighted by molar-refractivity contribution is 5.83. The van der Waals surface area contributed by atoms with E-state index in [1.54, 1.807) is 7.11 Å². The van der Waals surface area contributed by atoms with Gasteiger partial charge in [-0.3, -0.25) is 14.8 Å². The van der Waals surface area contributed by atoms with E-state index in [1.165, 1.54) is 5.56 Å². The number of methoxy groups -OCH3 is 1. The van der Waals surface area contributed by atoms with E-state index in [4.69, 9.17) is 13.9 Å². The first kappa shape index (κ1) is 19.9. The molecule has 3 aromatic rings. The summed E-state index contributed by atoms with van der Waals surface area (Å²) in [6.07, 6.45) is 4.83. The summed E-state index contributed by atoms with van der Waals surface area (Å²) in [7, 11) is 1.68. The highest BCUT2D eigenvalue weighted by Crippen LogP contribution is 2.29. The maximum atomic E-state index is 6.15. The Hall–Kier alpha value is -2.41. The van der Waals surface area contributed by atoms with Crippen LogP contribution in [0.1, 0.15) is 17.7 Å². The van der Waals surface area contributed by atoms with Crippen LogP contribution in [0.4, 0.5) is 0 Å². The summed E-state index contributed by atoms with van der Waals surface area (Å²) in [6.45, 7) is 7.52. The van der Waals surface area contributed by atoms with Gasteiger partial charge in [0.1, 0.15) is 5.76 Å². The zero-order valence-corrected chi connectivity index (χ0v) is 17.0. The van der Waals surface area contributed by atoms with Crippen LogP contribution in [0.25, 0.3) is 11.0 Å². The number of hydrogen-bond donors (Lipinski definition) is 0. The summed E-state index contributed by atoms with van der Waals surface area (Å²) in [5.74, 6) is 1.74. The number of ether oxygens (including phenoxy) is 2. The Kier molecular flexibility index (Phi) is 6.77. The molecule has 154 valence electrons. The zero-order chi connectivity index (χ0) is 19.9. The lowest BCUT2D eigenvalue weighted by molar-refractivity contribution is 0.0358. The zero-order valence-electron chi connectivity index (χ0n) is 17.0. The molecule has 4 rings (SSSR count). The summed E-state index contributed by atoms with van der Waals surface area (Å²) in [5.41, 5.74) is 2.09. The van der Waals surface area contributed by atoms with Gasteiger partial charge in [0, 0.05) is 44.0 Å². The number of morpholine rings is 1. The Morgan fingerprint density at radius 2 is 1.93 bits per heavy atom. The molecule has 3 heterocycles. The SMILES string of the molecule is COc1cccc2cc(CN(CCCN3CCOCC3)Cc3ccncc3)oc12. The van der Waals surface area contributed by atoms with E-state index in [2.05, 4.69) is 39.0 Å². The number of hydrogen-bond acceptors (Lipinski definition) is 6. The van der Waals surface area contributed by atoms with Crippen molar-refractivity contribution in [3.63, 3.8) is 0 Å². The quantitative estimate of drug-likeness (QED) is 0.552. The number of fused-ring (bicyclic) bond motifs is 1. The Labute approximate surface area is 172 Å². The average molecular weight is 396 g/mol. The second kappa shape index (κ2) is 9.87. The van der Waals surface area contributed by atoms with Crippen LogP contribution in [0.5, 0.6) is 5.75 Å². The molecule has 1 aliphatic rings. The van der Waals surface area contributed by atoms with E-state index in [0.717, 1.165) is 81.4 Å². The van der Waals surface area contributed by atoms with Gasteiger partial charge in [0.25, 0.3) is 0 Å². The Balaban J connectivity index is 1.44. The van der Waals surface area contributed by atoms with Gasteiger partial charge in [-0.1, -0.05) is 12.1 Å². The van der Waals surface area contributed by atoms with Gasteiger partial charge in [-0.15, -0.1) is 0 Å². The van der Waals surface area contributed by atoms with Crippen LogP contribution in [0.2, 0.25) is 0 Å². The van der Waals surface area contributed by atoms with Crippen molar-refractivity contribution < 1.29 is 13.9 Å². The summed E-state index contributed by atoms with van der Waals surface area (Å²) in [6, 6.07) is 12.3. The number of rotatable bonds is 9. The molecule has 0 saturated carbocycles. The van der Waals surface area contributed by atoms with Crippen LogP contribution in [0.3, 0.4) is 0 Å². The lowest BCUT2D eigenvalue weighted by Crippen LogP contribution is -2.38. The van der Waals surface area contributed by atoms with Crippen LogP contribution >= 0.6 is 0 Å². The second-order valence-electron chi connectivity index (χ2n) is 7.47. The van der Waals surface area contributed by atoms with Gasteiger partial charge in [0.05, 0.1) is 26.9 Å². The smallest absolute Gasteiger partial charge is 0.176 e. The van der Waals surface area contributed by atoms with Gasteiger partial charge in [0.15, 0.2) is 11.3 Å². The molecule has 1 aliphatic heterocycles. The van der Waals surface area contributed by atoms with Crippen molar-refractivity contribution in [1.82, 2.24) is 14.8 Å². The van der Waals surface area contributed by atoms with E-state index >= 15 is 0 Å². The lowest BCUT2D eigenvalue weighted by Gasteiger charge is -2.28. The molecule has 1 aromatic carbocycles. The molecule has 1 saturated heterocycles. The van der Waals surface area contributed by atoms with Crippen molar-refractivity contribution >= 4 is 11.0 Å². The van der Waals surface area contributed by atoms with E-state index in [9.17, 15) is 0 Å². The fourth-order valence-corrected chi connectivity index (χ4v) is 3.85. The summed E-state index contributed by atoms with van der Waals surface area (Å²) >= 11 is 0. The number of para-hydroxylation sites is 1. The molecule has 0 unspecified atom stereocenters. The molecule has 0 aliphatic carbocycles. The summed E-state index contributed by atoms with van der Waals surface area (Å²) in [5, 5.41) is 1.08. The largest absolute Gasteiger partial charge is 0.493 e. The summed E-state index contributed by atoms with van der Waals surface area (Å²) in [4.78, 5) is 9.07. The van der Waals surface area contributed by atoms with Gasteiger partial charge in [-0.2, -0.15) is 0 Å². The monoisotopic (exact) mass is 395 g/mol. The van der Waals surface area contributed by atoms with Gasteiger partial charge in [0.2, 0.25) is 0 Å². The lowest BCUT2D eigenvalue weighted by atomic mass is 10.2. The molecular weight excluding hydrogens is 366 g/mol. The minimum absolute atomic E-state index is 0.767. The standard InChI is InChI=1S/C23H29N3O3/c1-27-22-5-2-4-20-16-21(29-23(20)22)18-26(17-19-6-8-24-9-7-19)11-3-10-25-12-14-28-15-13-25/h2,4-9,16H,3,10-15,17-18H2,1H3. The molecule has 6 nitrogen and oxygen atoms in total. The molecule has 6 heteroatoms. The molecule has 29 heavy (non-hydrogen) atoms. The van der Waals surface area contributed by atoms with Gasteiger partial charge in [-0.05, 0) is 42.8 Å². The van der Waals surface area contributed by atoms with Crippen LogP contribution in [0, 0.1) is 0 Å². The number of pyridine rings is 1. The minimum atomic E-state index is 0.767. The first-order valence-corrected chi connectivity index (χ1v) is 10.3. The molecular formula is C23H29N3O3. The van der Waals surface area contributed by atoms with Crippen molar-refractivity contribution in [2.45, 2.75) is 19.5 Å². The van der Waals surface area contributed by atoms with Crippen molar-refractivity contribution in [3.05, 3.63) is 60.1 Å². The van der Waals surface area contributed by atoms with Crippen LogP contribution in [-0.2, 0) is 17.8 Å². The first-order chi connectivity index (χ1) is 14.3. The third kappa shape index (κ3) is 5.35. The van der Waals surface area contributed by atoms with Crippen molar-refractivity contribution in [3.8, 4) is 5.75 Å². The normalized spacial score (nSPS) is 15.2. The molecule has 0 bridgehead atoms. The van der Waals surface area contributed by atoms with E-state index in [1.807, 2.05) is 24.5 Å². The Morgan fingerprint density at radius 3 is 2.72 bits per heavy atom. The molecule has 0 N–H and O–H groups in total. The van der Waals surface area contributed by atoms with Crippen molar-refractivity contribution in [1.29, 1.82) is 0 Å². The molecule has 1 fully saturated rings. The predicted octanol–water partition coefficient (Wildman–Crippen LogP) is 3.56. The molecule has 0 radical (unpaired) electrons. The fourth-order valence-electron chi connectivity index (χ4n) is 3.85. The third-order valence-corrected chi connectivity index (χ3v) is 5.37. The number of benzene rings is 1. The van der Waals surface area contributed by atoms with Gasteiger partial charge in [-0.25, -0.2) is 0 Å². The maximum absolute atomic E-state index is 6.15. The molecule has 2 aromatic heterocycles. The van der Waals surface area contributed by atoms with Gasteiger partial charge < -0.3 is 13.9 Å². The van der Waals surface area contributed by atoms with E-state index < -0.39 is 0 Å². The molecule has 0 spiro atoms. The van der Waals surface area contributed by atoms with E-state index in [0.29, 0.717) is 0 Å². The number of furan rings is 1. The number of aromatic nitrogens is 1. The highest BCUT2D eigenvalue weighted by Gasteiger charge is 2.15. The van der Waals surface area contributed by atoms with E-state index in [-0.39, 0.29) is 0 Å². The molecule has 0 amide bonds. The highest BCUT2D eigenvalue weighted by atomic mass is 16.5. The fraction of sp³-hybridized carbons (Fsp3) is 0.435. The summed E-state index contributed by atoms with van der Waals surface area (Å²) < 4.78 is 17.0. The maximum Gasteiger partial charge on any atom is 0.176 e. The van der Waals surface area contributed by atoms with Crippen LogP contribution in [0.15, 0.2) is 53.2 Å². The number of nitrogens with zero attached hydrogens (tertiary/aromatic N) is 3. The Morgan fingerprint density at radius 1 is 1.10 bits per heavy atom. The van der Waals surface area contributed by atoms with Crippen molar-refractivity contribution in [2.75, 3.05) is 46.5 Å². The van der Waals surface area contributed by atoms with Gasteiger partial charge >= 0.3 is 0 Å². The minimum Gasteiger partial charge on any atom is -0.493 e. The average Bonchev–Trinajstić information content (AvgIpc) is 3.17. The Bertz CT molecular complexity index is 891. The van der Waals surface area contributed by atoms with Crippen LogP contribution in [-0.4, -0.2) is 61.3 Å². The third-order valence-electron chi connectivity index (χ3n) is 5.37. The topological polar surface area (TPSA) is 51.0 Å². The van der Waals surface area contributed by atoms with Crippen molar-refractivity contribution in [2.24, 2.45) is 0 Å². The second-order valence-corrected chi connectivity index (χ2v) is 7.47. The molecule has 0 atom stereocenters. The predicted molar refractivity (Wildman–Crippen MR) is 113 cm³/mol.